The Balaban J connectivity index is 2.07. The molecule has 0 aliphatic carbocycles. The molecule has 4 heteroatoms. The van der Waals surface area contributed by atoms with Crippen molar-refractivity contribution in [2.24, 2.45) is 5.92 Å². The first-order valence-electron chi connectivity index (χ1n) is 7.56. The lowest BCUT2D eigenvalue weighted by Gasteiger charge is -2.46. The highest BCUT2D eigenvalue weighted by Gasteiger charge is 2.39. The van der Waals surface area contributed by atoms with Crippen LogP contribution in [0, 0.1) is 5.92 Å². The summed E-state index contributed by atoms with van der Waals surface area (Å²) in [6.07, 6.45) is 2.77. The van der Waals surface area contributed by atoms with Crippen LogP contribution in [0.25, 0.3) is 0 Å². The van der Waals surface area contributed by atoms with E-state index in [1.807, 2.05) is 0 Å². The van der Waals surface area contributed by atoms with E-state index in [1.165, 1.54) is 0 Å². The van der Waals surface area contributed by atoms with Crippen molar-refractivity contribution >= 4 is 5.91 Å². The van der Waals surface area contributed by atoms with E-state index in [2.05, 4.69) is 37.9 Å². The smallest absolute Gasteiger partial charge is 0.252 e. The molecule has 1 amide bonds. The first-order valence-corrected chi connectivity index (χ1v) is 7.56. The predicted octanol–water partition coefficient (Wildman–Crippen LogP) is 1.79. The van der Waals surface area contributed by atoms with Crippen molar-refractivity contribution in [2.75, 3.05) is 19.7 Å². The van der Waals surface area contributed by atoms with Gasteiger partial charge in [0.2, 0.25) is 0 Å². The maximum atomic E-state index is 12.7. The van der Waals surface area contributed by atoms with Crippen LogP contribution in [0.1, 0.15) is 47.0 Å². The Labute approximate surface area is 116 Å². The maximum Gasteiger partial charge on any atom is 0.252 e. The quantitative estimate of drug-likeness (QED) is 0.848. The molecule has 0 saturated carbocycles. The van der Waals surface area contributed by atoms with E-state index >= 15 is 0 Å². The van der Waals surface area contributed by atoms with Gasteiger partial charge in [-0.05, 0) is 39.0 Å². The molecule has 2 unspecified atom stereocenters. The molecule has 110 valence electrons. The summed E-state index contributed by atoms with van der Waals surface area (Å²) in [5.41, 5.74) is 0.00173. The van der Waals surface area contributed by atoms with Gasteiger partial charge in [-0.1, -0.05) is 13.8 Å². The minimum atomic E-state index is -0.191. The SMILES string of the molecule is CC(C)CC1CNC(C)(C)CN1C(=O)C1CCCO1. The molecule has 1 N–H and O–H groups in total. The molecule has 0 spiro atoms. The molecule has 2 heterocycles. The van der Waals surface area contributed by atoms with Crippen LogP contribution in [-0.4, -0.2) is 48.2 Å². The second-order valence-corrected chi connectivity index (χ2v) is 7.02. The summed E-state index contributed by atoms with van der Waals surface area (Å²) in [5.74, 6) is 0.811. The zero-order chi connectivity index (χ0) is 14.0. The Morgan fingerprint density at radius 3 is 2.79 bits per heavy atom. The number of rotatable bonds is 3. The van der Waals surface area contributed by atoms with Gasteiger partial charge in [0.15, 0.2) is 0 Å². The fourth-order valence-electron chi connectivity index (χ4n) is 3.09. The molecule has 2 saturated heterocycles. The van der Waals surface area contributed by atoms with E-state index < -0.39 is 0 Å². The van der Waals surface area contributed by atoms with Crippen LogP contribution in [0.3, 0.4) is 0 Å². The molecule has 0 radical (unpaired) electrons. The number of piperazine rings is 1. The number of hydrogen-bond acceptors (Lipinski definition) is 3. The highest BCUT2D eigenvalue weighted by Crippen LogP contribution is 2.24. The molecular formula is C15H28N2O2. The molecule has 0 aromatic heterocycles. The Hall–Kier alpha value is -0.610. The molecular weight excluding hydrogens is 240 g/mol. The monoisotopic (exact) mass is 268 g/mol. The molecule has 2 atom stereocenters. The third-order valence-electron chi connectivity index (χ3n) is 4.05. The van der Waals surface area contributed by atoms with E-state index in [9.17, 15) is 4.79 Å². The number of carbonyl (C=O) groups is 1. The summed E-state index contributed by atoms with van der Waals surface area (Å²) in [7, 11) is 0. The molecule has 2 rings (SSSR count). The van der Waals surface area contributed by atoms with Crippen molar-refractivity contribution in [1.82, 2.24) is 10.2 Å². The first kappa shape index (κ1) is 14.8. The van der Waals surface area contributed by atoms with E-state index in [4.69, 9.17) is 4.74 Å². The van der Waals surface area contributed by atoms with Gasteiger partial charge in [-0.15, -0.1) is 0 Å². The van der Waals surface area contributed by atoms with Gasteiger partial charge >= 0.3 is 0 Å². The van der Waals surface area contributed by atoms with Gasteiger partial charge in [-0.3, -0.25) is 4.79 Å². The summed E-state index contributed by atoms with van der Waals surface area (Å²) < 4.78 is 5.58. The van der Waals surface area contributed by atoms with Gasteiger partial charge in [0, 0.05) is 31.3 Å². The molecule has 0 aromatic rings. The lowest BCUT2D eigenvalue weighted by atomic mass is 9.93. The van der Waals surface area contributed by atoms with Crippen LogP contribution in [0.2, 0.25) is 0 Å². The van der Waals surface area contributed by atoms with Crippen molar-refractivity contribution in [2.45, 2.75) is 64.6 Å². The van der Waals surface area contributed by atoms with Crippen LogP contribution in [0.5, 0.6) is 0 Å². The number of carbonyl (C=O) groups excluding carboxylic acids is 1. The minimum Gasteiger partial charge on any atom is -0.368 e. The fourth-order valence-corrected chi connectivity index (χ4v) is 3.09. The number of nitrogens with zero attached hydrogens (tertiary/aromatic N) is 1. The molecule has 2 fully saturated rings. The van der Waals surface area contributed by atoms with Crippen LogP contribution in [0.15, 0.2) is 0 Å². The van der Waals surface area contributed by atoms with Crippen molar-refractivity contribution < 1.29 is 9.53 Å². The van der Waals surface area contributed by atoms with Gasteiger partial charge in [0.1, 0.15) is 6.10 Å². The second-order valence-electron chi connectivity index (χ2n) is 7.02. The molecule has 2 aliphatic heterocycles. The minimum absolute atomic E-state index is 0.00173. The zero-order valence-corrected chi connectivity index (χ0v) is 12.7. The van der Waals surface area contributed by atoms with Crippen molar-refractivity contribution in [3.63, 3.8) is 0 Å². The first-order chi connectivity index (χ1) is 8.89. The zero-order valence-electron chi connectivity index (χ0n) is 12.7. The number of nitrogens with one attached hydrogen (secondary N) is 1. The number of hydrogen-bond donors (Lipinski definition) is 1. The van der Waals surface area contributed by atoms with Crippen LogP contribution in [-0.2, 0) is 9.53 Å². The topological polar surface area (TPSA) is 41.6 Å². The van der Waals surface area contributed by atoms with Gasteiger partial charge in [-0.2, -0.15) is 0 Å². The Morgan fingerprint density at radius 1 is 1.47 bits per heavy atom. The number of amides is 1. The van der Waals surface area contributed by atoms with Crippen molar-refractivity contribution in [3.8, 4) is 0 Å². The molecule has 19 heavy (non-hydrogen) atoms. The number of ether oxygens (including phenoxy) is 1. The van der Waals surface area contributed by atoms with E-state index in [-0.39, 0.29) is 17.6 Å². The molecule has 4 nitrogen and oxygen atoms in total. The fraction of sp³-hybridized carbons (Fsp3) is 0.933. The average Bonchev–Trinajstić information content (AvgIpc) is 2.83. The predicted molar refractivity (Wildman–Crippen MR) is 76.0 cm³/mol. The highest BCUT2D eigenvalue weighted by molar-refractivity contribution is 5.81. The molecule has 2 aliphatic rings. The third-order valence-corrected chi connectivity index (χ3v) is 4.05. The van der Waals surface area contributed by atoms with E-state index in [1.54, 1.807) is 0 Å². The summed E-state index contributed by atoms with van der Waals surface area (Å²) in [4.78, 5) is 14.7. The Morgan fingerprint density at radius 2 is 2.21 bits per heavy atom. The summed E-state index contributed by atoms with van der Waals surface area (Å²) in [5, 5.41) is 3.55. The van der Waals surface area contributed by atoms with Crippen LogP contribution < -0.4 is 5.32 Å². The maximum absolute atomic E-state index is 12.7. The van der Waals surface area contributed by atoms with E-state index in [0.717, 1.165) is 39.0 Å². The van der Waals surface area contributed by atoms with Crippen molar-refractivity contribution in [3.05, 3.63) is 0 Å². The second kappa shape index (κ2) is 5.80. The Kier molecular flexibility index (Phi) is 4.51. The largest absolute Gasteiger partial charge is 0.368 e. The van der Waals surface area contributed by atoms with Crippen LogP contribution in [0.4, 0.5) is 0 Å². The van der Waals surface area contributed by atoms with Crippen LogP contribution >= 0.6 is 0 Å². The van der Waals surface area contributed by atoms with Gasteiger partial charge in [0.05, 0.1) is 0 Å². The molecule has 0 aromatic carbocycles. The van der Waals surface area contributed by atoms with E-state index in [0.29, 0.717) is 12.0 Å². The Bertz CT molecular complexity index is 322. The third kappa shape index (κ3) is 3.69. The summed E-state index contributed by atoms with van der Waals surface area (Å²) in [6, 6.07) is 0.310. The van der Waals surface area contributed by atoms with Gasteiger partial charge in [-0.25, -0.2) is 0 Å². The van der Waals surface area contributed by atoms with Crippen molar-refractivity contribution in [1.29, 1.82) is 0 Å². The van der Waals surface area contributed by atoms with Gasteiger partial charge < -0.3 is 15.0 Å². The van der Waals surface area contributed by atoms with Gasteiger partial charge in [0.25, 0.3) is 5.91 Å². The molecule has 0 bridgehead atoms. The summed E-state index contributed by atoms with van der Waals surface area (Å²) >= 11 is 0. The normalized spacial score (nSPS) is 30.9. The lowest BCUT2D eigenvalue weighted by Crippen LogP contribution is -2.64. The lowest BCUT2D eigenvalue weighted by molar-refractivity contribution is -0.146. The highest BCUT2D eigenvalue weighted by atomic mass is 16.5. The average molecular weight is 268 g/mol. The summed E-state index contributed by atoms with van der Waals surface area (Å²) in [6.45, 7) is 11.2. The standard InChI is InChI=1S/C15H28N2O2/c1-11(2)8-12-9-16-15(3,4)10-17(12)14(18)13-6-5-7-19-13/h11-13,16H,5-10H2,1-4H3.